The monoisotopic (exact) mass is 255 g/mol. The Kier molecular flexibility index (Phi) is 6.78. The average Bonchev–Trinajstić information content (AvgIpc) is 2.31. The van der Waals surface area contributed by atoms with Crippen LogP contribution in [-0.4, -0.2) is 37.1 Å². The van der Waals surface area contributed by atoms with Crippen LogP contribution in [0.2, 0.25) is 0 Å². The molecule has 0 fully saturated rings. The van der Waals surface area contributed by atoms with Gasteiger partial charge in [0.05, 0.1) is 14.2 Å². The van der Waals surface area contributed by atoms with E-state index in [0.29, 0.717) is 0 Å². The molecule has 0 rings (SSSR count). The predicted molar refractivity (Wildman–Crippen MR) is 68.5 cm³/mol. The van der Waals surface area contributed by atoms with Gasteiger partial charge in [0, 0.05) is 18.4 Å². The first-order chi connectivity index (χ1) is 8.33. The molecule has 0 bridgehead atoms. The summed E-state index contributed by atoms with van der Waals surface area (Å²) in [7, 11) is 2.44. The van der Waals surface area contributed by atoms with Gasteiger partial charge in [-0.3, -0.25) is 0 Å². The minimum Gasteiger partial charge on any atom is -0.465 e. The van der Waals surface area contributed by atoms with Crippen LogP contribution in [0.25, 0.3) is 0 Å². The van der Waals surface area contributed by atoms with Gasteiger partial charge in [-0.05, 0) is 27.7 Å². The van der Waals surface area contributed by atoms with Gasteiger partial charge in [-0.2, -0.15) is 0 Å². The summed E-state index contributed by atoms with van der Waals surface area (Å²) in [6.45, 7) is 7.75. The van der Waals surface area contributed by atoms with E-state index in [1.54, 1.807) is 4.90 Å². The molecule has 0 aromatic heterocycles. The fourth-order valence-electron chi connectivity index (χ4n) is 1.19. The van der Waals surface area contributed by atoms with Crippen molar-refractivity contribution in [2.45, 2.75) is 33.7 Å². The lowest BCUT2D eigenvalue weighted by Crippen LogP contribution is -2.24. The zero-order chi connectivity index (χ0) is 14.3. The first-order valence-corrected chi connectivity index (χ1v) is 5.64. The Hall–Kier alpha value is -1.78. The number of carbonyl (C=O) groups is 2. The van der Waals surface area contributed by atoms with Gasteiger partial charge in [0.1, 0.15) is 0 Å². The Balaban J connectivity index is 5.41. The molecule has 0 saturated heterocycles. The molecule has 0 aliphatic carbocycles. The molecule has 0 radical (unpaired) electrons. The SMILES string of the molecule is COC(=O)C(=CN(C=C(C)C)C(C)C)C(=O)OC. The summed E-state index contributed by atoms with van der Waals surface area (Å²) in [6.07, 6.45) is 3.28. The zero-order valence-corrected chi connectivity index (χ0v) is 11.8. The van der Waals surface area contributed by atoms with Crippen LogP contribution in [0.5, 0.6) is 0 Å². The molecule has 102 valence electrons. The summed E-state index contributed by atoms with van der Waals surface area (Å²) < 4.78 is 9.13. The number of hydrogen-bond acceptors (Lipinski definition) is 5. The van der Waals surface area contributed by atoms with E-state index < -0.39 is 11.9 Å². The quantitative estimate of drug-likeness (QED) is 0.325. The summed E-state index contributed by atoms with van der Waals surface area (Å²) in [5.74, 6) is -1.43. The van der Waals surface area contributed by atoms with Crippen LogP contribution in [0, 0.1) is 0 Å². The van der Waals surface area contributed by atoms with Gasteiger partial charge in [0.2, 0.25) is 0 Å². The second-order valence-electron chi connectivity index (χ2n) is 4.27. The van der Waals surface area contributed by atoms with Gasteiger partial charge in [0.15, 0.2) is 5.57 Å². The maximum absolute atomic E-state index is 11.5. The summed E-state index contributed by atoms with van der Waals surface area (Å²) in [6, 6.07) is 0.101. The summed E-state index contributed by atoms with van der Waals surface area (Å²) >= 11 is 0. The molecule has 5 heteroatoms. The Labute approximate surface area is 108 Å². The topological polar surface area (TPSA) is 55.8 Å². The molecule has 0 N–H and O–H groups in total. The van der Waals surface area contributed by atoms with Crippen molar-refractivity contribution in [1.82, 2.24) is 4.90 Å². The Bertz CT molecular complexity index is 347. The molecule has 0 aromatic carbocycles. The van der Waals surface area contributed by atoms with Crippen LogP contribution in [0.15, 0.2) is 23.5 Å². The molecule has 0 atom stereocenters. The number of hydrogen-bond donors (Lipinski definition) is 0. The first kappa shape index (κ1) is 16.2. The van der Waals surface area contributed by atoms with Crippen LogP contribution in [0.1, 0.15) is 27.7 Å². The lowest BCUT2D eigenvalue weighted by atomic mass is 10.2. The maximum atomic E-state index is 11.5. The maximum Gasteiger partial charge on any atom is 0.346 e. The van der Waals surface area contributed by atoms with E-state index in [-0.39, 0.29) is 11.6 Å². The third-order valence-electron chi connectivity index (χ3n) is 2.09. The molecule has 5 nitrogen and oxygen atoms in total. The molecule has 0 spiro atoms. The zero-order valence-electron chi connectivity index (χ0n) is 11.8. The van der Waals surface area contributed by atoms with E-state index in [1.165, 1.54) is 20.4 Å². The molecule has 18 heavy (non-hydrogen) atoms. The number of ether oxygens (including phenoxy) is 2. The molecular formula is C13H21NO4. The van der Waals surface area contributed by atoms with Gasteiger partial charge < -0.3 is 14.4 Å². The molecule has 0 saturated carbocycles. The smallest absolute Gasteiger partial charge is 0.346 e. The largest absolute Gasteiger partial charge is 0.465 e. The van der Waals surface area contributed by atoms with Crippen molar-refractivity contribution in [1.29, 1.82) is 0 Å². The second-order valence-corrected chi connectivity index (χ2v) is 4.27. The van der Waals surface area contributed by atoms with E-state index in [0.717, 1.165) is 5.57 Å². The molecule has 0 aliphatic rings. The van der Waals surface area contributed by atoms with Gasteiger partial charge in [0.25, 0.3) is 0 Å². The Morgan fingerprint density at radius 2 is 1.44 bits per heavy atom. The number of rotatable bonds is 5. The minimum absolute atomic E-state index is 0.101. The van der Waals surface area contributed by atoms with Crippen LogP contribution in [0.3, 0.4) is 0 Å². The van der Waals surface area contributed by atoms with Crippen LogP contribution in [-0.2, 0) is 19.1 Å². The molecule has 0 unspecified atom stereocenters. The fraction of sp³-hybridized carbons (Fsp3) is 0.538. The highest BCUT2D eigenvalue weighted by Gasteiger charge is 2.21. The van der Waals surface area contributed by atoms with E-state index in [2.05, 4.69) is 9.47 Å². The van der Waals surface area contributed by atoms with Crippen molar-refractivity contribution in [2.75, 3.05) is 14.2 Å². The van der Waals surface area contributed by atoms with Crippen LogP contribution < -0.4 is 0 Å². The average molecular weight is 255 g/mol. The fourth-order valence-corrected chi connectivity index (χ4v) is 1.19. The van der Waals surface area contributed by atoms with Gasteiger partial charge in [-0.1, -0.05) is 5.57 Å². The third kappa shape index (κ3) is 5.03. The first-order valence-electron chi connectivity index (χ1n) is 5.64. The van der Waals surface area contributed by atoms with Gasteiger partial charge >= 0.3 is 11.9 Å². The molecule has 0 heterocycles. The normalized spacial score (nSPS) is 9.50. The van der Waals surface area contributed by atoms with Crippen molar-refractivity contribution >= 4 is 11.9 Å². The summed E-state index contributed by atoms with van der Waals surface area (Å²) in [4.78, 5) is 24.8. The molecular weight excluding hydrogens is 234 g/mol. The summed E-state index contributed by atoms with van der Waals surface area (Å²) in [5, 5.41) is 0. The third-order valence-corrected chi connectivity index (χ3v) is 2.09. The lowest BCUT2D eigenvalue weighted by molar-refractivity contribution is -0.144. The van der Waals surface area contributed by atoms with Crippen molar-refractivity contribution in [2.24, 2.45) is 0 Å². The molecule has 0 aromatic rings. The highest BCUT2D eigenvalue weighted by molar-refractivity contribution is 6.13. The van der Waals surface area contributed by atoms with Crippen molar-refractivity contribution in [3.8, 4) is 0 Å². The van der Waals surface area contributed by atoms with Crippen LogP contribution >= 0.6 is 0 Å². The number of methoxy groups -OCH3 is 2. The number of esters is 2. The number of nitrogens with zero attached hydrogens (tertiary/aromatic N) is 1. The standard InChI is InChI=1S/C13H21NO4/c1-9(2)7-14(10(3)4)8-11(12(15)17-5)13(16)18-6/h7-8,10H,1-6H3. The molecule has 0 amide bonds. The van der Waals surface area contributed by atoms with Crippen molar-refractivity contribution in [3.05, 3.63) is 23.5 Å². The molecule has 0 aliphatic heterocycles. The number of allylic oxidation sites excluding steroid dienone is 1. The van der Waals surface area contributed by atoms with Crippen LogP contribution in [0.4, 0.5) is 0 Å². The summed E-state index contributed by atoms with van der Waals surface area (Å²) in [5.41, 5.74) is 0.917. The van der Waals surface area contributed by atoms with Gasteiger partial charge in [-0.25, -0.2) is 9.59 Å². The second kappa shape index (κ2) is 7.53. The van der Waals surface area contributed by atoms with Crippen molar-refractivity contribution < 1.29 is 19.1 Å². The van der Waals surface area contributed by atoms with Crippen molar-refractivity contribution in [3.63, 3.8) is 0 Å². The van der Waals surface area contributed by atoms with E-state index in [1.807, 2.05) is 33.9 Å². The van der Waals surface area contributed by atoms with E-state index in [4.69, 9.17) is 0 Å². The Morgan fingerprint density at radius 1 is 1.00 bits per heavy atom. The van der Waals surface area contributed by atoms with E-state index in [9.17, 15) is 9.59 Å². The number of carbonyl (C=O) groups excluding carboxylic acids is 2. The predicted octanol–water partition coefficient (Wildman–Crippen LogP) is 1.85. The highest BCUT2D eigenvalue weighted by atomic mass is 16.5. The lowest BCUT2D eigenvalue weighted by Gasteiger charge is -2.22. The van der Waals surface area contributed by atoms with E-state index >= 15 is 0 Å². The van der Waals surface area contributed by atoms with Gasteiger partial charge in [-0.15, -0.1) is 0 Å². The highest BCUT2D eigenvalue weighted by Crippen LogP contribution is 2.09. The minimum atomic E-state index is -0.713. The Morgan fingerprint density at radius 3 is 1.72 bits per heavy atom.